The van der Waals surface area contributed by atoms with E-state index < -0.39 is 11.8 Å². The number of carbonyl (C=O) groups excluding carboxylic acids is 2. The van der Waals surface area contributed by atoms with Crippen molar-refractivity contribution in [1.29, 1.82) is 0 Å². The predicted molar refractivity (Wildman–Crippen MR) is 119 cm³/mol. The number of rotatable bonds is 4. The Morgan fingerprint density at radius 1 is 0.935 bits per heavy atom. The predicted octanol–water partition coefficient (Wildman–Crippen LogP) is 3.76. The Balaban J connectivity index is 1.59. The highest BCUT2D eigenvalue weighted by Gasteiger charge is 2.19. The second-order valence-corrected chi connectivity index (χ2v) is 7.97. The molecule has 0 radical (unpaired) electrons. The molecule has 0 aliphatic heterocycles. The molecule has 0 saturated heterocycles. The zero-order valence-electron chi connectivity index (χ0n) is 17.9. The highest BCUT2D eigenvalue weighted by molar-refractivity contribution is 6.06. The van der Waals surface area contributed by atoms with E-state index in [9.17, 15) is 9.59 Å². The molecule has 8 heteroatoms. The number of para-hydroxylation sites is 1. The molecule has 0 saturated carbocycles. The fourth-order valence-corrected chi connectivity index (χ4v) is 3.34. The van der Waals surface area contributed by atoms with Crippen LogP contribution in [0.25, 0.3) is 21.9 Å². The summed E-state index contributed by atoms with van der Waals surface area (Å²) in [5, 5.41) is 5.96. The summed E-state index contributed by atoms with van der Waals surface area (Å²) in [4.78, 5) is 34.5. The summed E-state index contributed by atoms with van der Waals surface area (Å²) in [7, 11) is 0. The van der Waals surface area contributed by atoms with Crippen LogP contribution in [0.5, 0.6) is 0 Å². The first-order valence-corrected chi connectivity index (χ1v) is 10.2. The van der Waals surface area contributed by atoms with Gasteiger partial charge in [-0.05, 0) is 38.0 Å². The maximum atomic E-state index is 12.9. The van der Waals surface area contributed by atoms with Crippen LogP contribution in [0.1, 0.15) is 66.2 Å². The molecule has 4 aromatic rings. The molecule has 2 amide bonds. The van der Waals surface area contributed by atoms with Crippen molar-refractivity contribution in [1.82, 2.24) is 30.6 Å². The first-order valence-electron chi connectivity index (χ1n) is 10.2. The maximum Gasteiger partial charge on any atom is 0.288 e. The van der Waals surface area contributed by atoms with Crippen LogP contribution >= 0.6 is 0 Å². The fraction of sp³-hybridized carbons (Fsp3) is 0.261. The summed E-state index contributed by atoms with van der Waals surface area (Å²) in [6, 6.07) is 12.8. The molecule has 1 aromatic carbocycles. The topological polar surface area (TPSA) is 102 Å². The van der Waals surface area contributed by atoms with E-state index in [1.165, 1.54) is 0 Å². The molecule has 0 bridgehead atoms. The number of pyridine rings is 2. The average molecular weight is 416 g/mol. The molecule has 3 heterocycles. The van der Waals surface area contributed by atoms with E-state index in [0.717, 1.165) is 11.1 Å². The molecule has 0 spiro atoms. The van der Waals surface area contributed by atoms with Gasteiger partial charge in [-0.15, -0.1) is 0 Å². The van der Waals surface area contributed by atoms with Gasteiger partial charge in [0.05, 0.1) is 22.7 Å². The number of hydrogen-bond donors (Lipinski definition) is 2. The molecule has 8 nitrogen and oxygen atoms in total. The van der Waals surface area contributed by atoms with Crippen molar-refractivity contribution in [3.8, 4) is 0 Å². The number of nitrogens with zero attached hydrogens (tertiary/aromatic N) is 4. The average Bonchev–Trinajstić information content (AvgIpc) is 3.20. The Kier molecular flexibility index (Phi) is 5.37. The Hall–Kier alpha value is -3.81. The quantitative estimate of drug-likeness (QED) is 0.493. The van der Waals surface area contributed by atoms with Gasteiger partial charge in [-0.3, -0.25) is 20.4 Å². The third-order valence-electron chi connectivity index (χ3n) is 5.03. The minimum absolute atomic E-state index is 0.0991. The fourth-order valence-electron chi connectivity index (χ4n) is 3.34. The van der Waals surface area contributed by atoms with E-state index in [1.807, 2.05) is 58.0 Å². The standard InChI is InChI=1S/C23H24N6O2/c1-13(2)20-11-16(17-12-24-29(14(3)4)21(17)26-20)22(30)27-28-23(31)19-10-9-15-7-5-6-8-18(15)25-19/h5-14H,1-4H3,(H,27,30)(H,28,31). The van der Waals surface area contributed by atoms with Gasteiger partial charge in [0.25, 0.3) is 11.8 Å². The van der Waals surface area contributed by atoms with Crippen molar-refractivity contribution in [2.24, 2.45) is 0 Å². The van der Waals surface area contributed by atoms with E-state index in [4.69, 9.17) is 4.98 Å². The number of fused-ring (bicyclic) bond motifs is 2. The van der Waals surface area contributed by atoms with Crippen molar-refractivity contribution in [3.05, 3.63) is 65.6 Å². The van der Waals surface area contributed by atoms with Crippen LogP contribution in [0.3, 0.4) is 0 Å². The number of nitrogens with one attached hydrogen (secondary N) is 2. The van der Waals surface area contributed by atoms with Gasteiger partial charge in [-0.1, -0.05) is 38.1 Å². The summed E-state index contributed by atoms with van der Waals surface area (Å²) >= 11 is 0. The van der Waals surface area contributed by atoms with E-state index in [-0.39, 0.29) is 17.7 Å². The lowest BCUT2D eigenvalue weighted by molar-refractivity contribution is 0.0845. The van der Waals surface area contributed by atoms with E-state index in [0.29, 0.717) is 22.1 Å². The van der Waals surface area contributed by atoms with E-state index in [1.54, 1.807) is 23.0 Å². The van der Waals surface area contributed by atoms with Gasteiger partial charge in [0.1, 0.15) is 5.69 Å². The summed E-state index contributed by atoms with van der Waals surface area (Å²) in [6.45, 7) is 8.04. The third kappa shape index (κ3) is 3.96. The van der Waals surface area contributed by atoms with Gasteiger partial charge < -0.3 is 0 Å². The molecule has 31 heavy (non-hydrogen) atoms. The van der Waals surface area contributed by atoms with Crippen molar-refractivity contribution in [3.63, 3.8) is 0 Å². The highest BCUT2D eigenvalue weighted by atomic mass is 16.2. The molecule has 0 aliphatic carbocycles. The second-order valence-electron chi connectivity index (χ2n) is 7.97. The second kappa shape index (κ2) is 8.14. The molecule has 2 N–H and O–H groups in total. The molecule has 0 fully saturated rings. The van der Waals surface area contributed by atoms with Crippen LogP contribution in [0, 0.1) is 0 Å². The number of hydrazine groups is 1. The number of hydrogen-bond acceptors (Lipinski definition) is 5. The van der Waals surface area contributed by atoms with Crippen molar-refractivity contribution < 1.29 is 9.59 Å². The molecule has 3 aromatic heterocycles. The number of carbonyl (C=O) groups is 2. The molecule has 0 aliphatic rings. The lowest BCUT2D eigenvalue weighted by atomic mass is 10.1. The first-order chi connectivity index (χ1) is 14.8. The van der Waals surface area contributed by atoms with Gasteiger partial charge in [0.2, 0.25) is 0 Å². The minimum Gasteiger partial charge on any atom is -0.267 e. The van der Waals surface area contributed by atoms with Crippen LogP contribution < -0.4 is 10.9 Å². The van der Waals surface area contributed by atoms with Crippen LogP contribution in [0.4, 0.5) is 0 Å². The minimum atomic E-state index is -0.494. The van der Waals surface area contributed by atoms with Crippen LogP contribution in [0.2, 0.25) is 0 Å². The third-order valence-corrected chi connectivity index (χ3v) is 5.03. The number of aromatic nitrogens is 4. The zero-order valence-corrected chi connectivity index (χ0v) is 17.9. The number of benzene rings is 1. The maximum absolute atomic E-state index is 12.9. The van der Waals surface area contributed by atoms with Gasteiger partial charge in [-0.25, -0.2) is 14.6 Å². The van der Waals surface area contributed by atoms with Crippen LogP contribution in [-0.4, -0.2) is 31.6 Å². The van der Waals surface area contributed by atoms with E-state index >= 15 is 0 Å². The summed E-state index contributed by atoms with van der Waals surface area (Å²) in [5.41, 5.74) is 7.72. The molecule has 158 valence electrons. The Bertz CT molecular complexity index is 1290. The molecular formula is C23H24N6O2. The van der Waals surface area contributed by atoms with Crippen molar-refractivity contribution in [2.45, 2.75) is 39.7 Å². The molecule has 0 atom stereocenters. The van der Waals surface area contributed by atoms with E-state index in [2.05, 4.69) is 20.9 Å². The first kappa shape index (κ1) is 20.5. The lowest BCUT2D eigenvalue weighted by Crippen LogP contribution is -2.42. The SMILES string of the molecule is CC(C)c1cc(C(=O)NNC(=O)c2ccc3ccccc3n2)c2cnn(C(C)C)c2n1. The summed E-state index contributed by atoms with van der Waals surface area (Å²) in [5.74, 6) is -0.805. The van der Waals surface area contributed by atoms with Gasteiger partial charge >= 0.3 is 0 Å². The Morgan fingerprint density at radius 2 is 1.68 bits per heavy atom. The van der Waals surface area contributed by atoms with Gasteiger partial charge in [0, 0.05) is 17.1 Å². The number of amides is 2. The zero-order chi connectivity index (χ0) is 22.1. The highest BCUT2D eigenvalue weighted by Crippen LogP contribution is 2.24. The summed E-state index contributed by atoms with van der Waals surface area (Å²) in [6.07, 6.45) is 1.63. The Labute approximate surface area is 179 Å². The molecule has 4 rings (SSSR count). The van der Waals surface area contributed by atoms with Crippen LogP contribution in [0.15, 0.2) is 48.7 Å². The monoisotopic (exact) mass is 416 g/mol. The summed E-state index contributed by atoms with van der Waals surface area (Å²) < 4.78 is 1.79. The smallest absolute Gasteiger partial charge is 0.267 e. The van der Waals surface area contributed by atoms with Crippen LogP contribution in [-0.2, 0) is 0 Å². The van der Waals surface area contributed by atoms with Gasteiger partial charge in [-0.2, -0.15) is 5.10 Å². The molecule has 0 unspecified atom stereocenters. The molecular weight excluding hydrogens is 392 g/mol. The van der Waals surface area contributed by atoms with Gasteiger partial charge in [0.15, 0.2) is 5.65 Å². The largest absolute Gasteiger partial charge is 0.288 e. The van der Waals surface area contributed by atoms with Crippen molar-refractivity contribution >= 4 is 33.8 Å². The normalized spacial score (nSPS) is 11.4. The Morgan fingerprint density at radius 3 is 2.42 bits per heavy atom. The lowest BCUT2D eigenvalue weighted by Gasteiger charge is -2.13. The van der Waals surface area contributed by atoms with Crippen molar-refractivity contribution in [2.75, 3.05) is 0 Å².